The summed E-state index contributed by atoms with van der Waals surface area (Å²) in [6.45, 7) is 4.14. The lowest BCUT2D eigenvalue weighted by atomic mass is 10.1. The monoisotopic (exact) mass is 196 g/mol. The van der Waals surface area contributed by atoms with Gasteiger partial charge in [-0.25, -0.2) is 4.79 Å². The molecule has 0 radical (unpaired) electrons. The molecule has 1 saturated heterocycles. The van der Waals surface area contributed by atoms with E-state index in [-0.39, 0.29) is 6.03 Å². The van der Waals surface area contributed by atoms with Crippen molar-refractivity contribution >= 4 is 6.03 Å². The Bertz CT molecular complexity index is 211. The maximum Gasteiger partial charge on any atom is 0.317 e. The van der Waals surface area contributed by atoms with E-state index in [2.05, 4.69) is 12.2 Å². The zero-order chi connectivity index (χ0) is 9.97. The van der Waals surface area contributed by atoms with E-state index in [1.807, 2.05) is 4.90 Å². The largest absolute Gasteiger partial charge is 0.335 e. The van der Waals surface area contributed by atoms with Gasteiger partial charge in [0.25, 0.3) is 0 Å². The molecule has 14 heavy (non-hydrogen) atoms. The summed E-state index contributed by atoms with van der Waals surface area (Å²) in [5, 5.41) is 3.16. The molecule has 0 aromatic rings. The number of nitrogens with one attached hydrogen (secondary N) is 1. The third-order valence-electron chi connectivity index (χ3n) is 3.56. The van der Waals surface area contributed by atoms with Crippen LogP contribution in [0.25, 0.3) is 0 Å². The molecule has 1 aliphatic heterocycles. The molecule has 2 fully saturated rings. The molecular formula is C11H20N2O. The Balaban J connectivity index is 1.81. The summed E-state index contributed by atoms with van der Waals surface area (Å²) in [6, 6.07) is 0.601. The molecule has 2 aliphatic rings. The fraction of sp³-hybridized carbons (Fsp3) is 0.909. The number of carbonyl (C=O) groups is 1. The molecule has 3 heteroatoms. The lowest BCUT2D eigenvalue weighted by Gasteiger charge is -2.22. The van der Waals surface area contributed by atoms with Crippen LogP contribution in [0.4, 0.5) is 4.79 Å². The van der Waals surface area contributed by atoms with Gasteiger partial charge < -0.3 is 10.2 Å². The highest BCUT2D eigenvalue weighted by Gasteiger charge is 2.27. The van der Waals surface area contributed by atoms with E-state index < -0.39 is 0 Å². The Labute approximate surface area is 85.8 Å². The average Bonchev–Trinajstić information content (AvgIpc) is 2.77. The molecule has 1 N–H and O–H groups in total. The van der Waals surface area contributed by atoms with Crippen molar-refractivity contribution in [2.24, 2.45) is 5.92 Å². The number of carbonyl (C=O) groups excluding carboxylic acids is 1. The SMILES string of the molecule is CC1CCCC1NC(=O)N1CCCC1. The topological polar surface area (TPSA) is 32.3 Å². The molecule has 1 aliphatic carbocycles. The Hall–Kier alpha value is -0.730. The quantitative estimate of drug-likeness (QED) is 0.683. The molecule has 3 nitrogen and oxygen atoms in total. The van der Waals surface area contributed by atoms with E-state index in [9.17, 15) is 4.79 Å². The first-order valence-electron chi connectivity index (χ1n) is 5.83. The summed E-state index contributed by atoms with van der Waals surface area (Å²) in [4.78, 5) is 13.7. The van der Waals surface area contributed by atoms with E-state index in [1.165, 1.54) is 32.1 Å². The number of hydrogen-bond acceptors (Lipinski definition) is 1. The Morgan fingerprint density at radius 3 is 2.50 bits per heavy atom. The molecule has 2 atom stereocenters. The van der Waals surface area contributed by atoms with Gasteiger partial charge in [0.2, 0.25) is 0 Å². The van der Waals surface area contributed by atoms with Gasteiger partial charge >= 0.3 is 6.03 Å². The first-order valence-corrected chi connectivity index (χ1v) is 5.83. The molecule has 0 aromatic carbocycles. The molecule has 1 heterocycles. The van der Waals surface area contributed by atoms with E-state index in [4.69, 9.17) is 0 Å². The molecule has 80 valence electrons. The highest BCUT2D eigenvalue weighted by Crippen LogP contribution is 2.25. The van der Waals surface area contributed by atoms with Gasteiger partial charge in [0.05, 0.1) is 0 Å². The van der Waals surface area contributed by atoms with Crippen molar-refractivity contribution in [3.05, 3.63) is 0 Å². The predicted molar refractivity (Wildman–Crippen MR) is 56.1 cm³/mol. The van der Waals surface area contributed by atoms with Crippen LogP contribution in [0.15, 0.2) is 0 Å². The second-order valence-corrected chi connectivity index (χ2v) is 4.66. The van der Waals surface area contributed by atoms with Gasteiger partial charge in [0, 0.05) is 19.1 Å². The van der Waals surface area contributed by atoms with Crippen molar-refractivity contribution < 1.29 is 4.79 Å². The molecule has 0 bridgehead atoms. The van der Waals surface area contributed by atoms with Crippen LogP contribution in [0.2, 0.25) is 0 Å². The van der Waals surface area contributed by atoms with Gasteiger partial charge in [-0.3, -0.25) is 0 Å². The summed E-state index contributed by atoms with van der Waals surface area (Å²) < 4.78 is 0. The summed E-state index contributed by atoms with van der Waals surface area (Å²) in [6.07, 6.45) is 6.05. The van der Waals surface area contributed by atoms with Gasteiger partial charge in [0.15, 0.2) is 0 Å². The van der Waals surface area contributed by atoms with Crippen LogP contribution in [-0.2, 0) is 0 Å². The van der Waals surface area contributed by atoms with E-state index >= 15 is 0 Å². The van der Waals surface area contributed by atoms with Crippen LogP contribution in [-0.4, -0.2) is 30.1 Å². The number of nitrogens with zero attached hydrogens (tertiary/aromatic N) is 1. The Kier molecular flexibility index (Phi) is 2.94. The van der Waals surface area contributed by atoms with E-state index in [0.717, 1.165) is 13.1 Å². The lowest BCUT2D eigenvalue weighted by Crippen LogP contribution is -2.44. The van der Waals surface area contributed by atoms with Crippen molar-refractivity contribution in [3.8, 4) is 0 Å². The highest BCUT2D eigenvalue weighted by atomic mass is 16.2. The standard InChI is InChI=1S/C11H20N2O/c1-9-5-4-6-10(9)12-11(14)13-7-2-3-8-13/h9-10H,2-8H2,1H3,(H,12,14). The molecular weight excluding hydrogens is 176 g/mol. The van der Waals surface area contributed by atoms with Gasteiger partial charge in [-0.2, -0.15) is 0 Å². The first kappa shape index (κ1) is 9.81. The van der Waals surface area contributed by atoms with E-state index in [1.54, 1.807) is 0 Å². The summed E-state index contributed by atoms with van der Waals surface area (Å²) in [7, 11) is 0. The third kappa shape index (κ3) is 2.02. The molecule has 0 aromatic heterocycles. The summed E-state index contributed by atoms with van der Waals surface area (Å²) in [5.74, 6) is 0.668. The lowest BCUT2D eigenvalue weighted by molar-refractivity contribution is 0.202. The Morgan fingerprint density at radius 2 is 1.93 bits per heavy atom. The molecule has 1 saturated carbocycles. The molecule has 2 unspecified atom stereocenters. The van der Waals surface area contributed by atoms with Crippen molar-refractivity contribution in [2.45, 2.75) is 45.1 Å². The minimum Gasteiger partial charge on any atom is -0.335 e. The fourth-order valence-corrected chi connectivity index (χ4v) is 2.53. The van der Waals surface area contributed by atoms with Crippen molar-refractivity contribution in [2.75, 3.05) is 13.1 Å². The van der Waals surface area contributed by atoms with Crippen molar-refractivity contribution in [1.29, 1.82) is 0 Å². The Morgan fingerprint density at radius 1 is 1.21 bits per heavy atom. The van der Waals surface area contributed by atoms with Crippen molar-refractivity contribution in [1.82, 2.24) is 10.2 Å². The van der Waals surface area contributed by atoms with Crippen LogP contribution in [0.1, 0.15) is 39.0 Å². The smallest absolute Gasteiger partial charge is 0.317 e. The second kappa shape index (κ2) is 4.20. The van der Waals surface area contributed by atoms with Gasteiger partial charge in [-0.15, -0.1) is 0 Å². The van der Waals surface area contributed by atoms with Crippen LogP contribution in [0, 0.1) is 5.92 Å². The number of likely N-dealkylation sites (tertiary alicyclic amines) is 1. The second-order valence-electron chi connectivity index (χ2n) is 4.66. The first-order chi connectivity index (χ1) is 6.77. The van der Waals surface area contributed by atoms with Crippen LogP contribution in [0.5, 0.6) is 0 Å². The number of urea groups is 1. The molecule has 0 spiro atoms. The van der Waals surface area contributed by atoms with E-state index in [0.29, 0.717) is 12.0 Å². The van der Waals surface area contributed by atoms with Crippen LogP contribution >= 0.6 is 0 Å². The third-order valence-corrected chi connectivity index (χ3v) is 3.56. The molecule has 2 rings (SSSR count). The average molecular weight is 196 g/mol. The zero-order valence-corrected chi connectivity index (χ0v) is 8.96. The predicted octanol–water partition coefficient (Wildman–Crippen LogP) is 1.98. The number of amides is 2. The van der Waals surface area contributed by atoms with Gasteiger partial charge in [0.1, 0.15) is 0 Å². The number of rotatable bonds is 1. The normalized spacial score (nSPS) is 32.2. The zero-order valence-electron chi connectivity index (χ0n) is 8.96. The maximum absolute atomic E-state index is 11.8. The van der Waals surface area contributed by atoms with Crippen LogP contribution in [0.3, 0.4) is 0 Å². The van der Waals surface area contributed by atoms with Crippen molar-refractivity contribution in [3.63, 3.8) is 0 Å². The van der Waals surface area contributed by atoms with Gasteiger partial charge in [-0.1, -0.05) is 13.3 Å². The molecule has 2 amide bonds. The summed E-state index contributed by atoms with van der Waals surface area (Å²) in [5.41, 5.74) is 0. The summed E-state index contributed by atoms with van der Waals surface area (Å²) >= 11 is 0. The minimum absolute atomic E-state index is 0.168. The maximum atomic E-state index is 11.8. The highest BCUT2D eigenvalue weighted by molar-refractivity contribution is 5.74. The number of hydrogen-bond donors (Lipinski definition) is 1. The minimum atomic E-state index is 0.168. The van der Waals surface area contributed by atoms with Crippen LogP contribution < -0.4 is 5.32 Å². The van der Waals surface area contributed by atoms with Gasteiger partial charge in [-0.05, 0) is 31.6 Å². The fourth-order valence-electron chi connectivity index (χ4n) is 2.53.